The first-order valence-electron chi connectivity index (χ1n) is 15.3. The minimum Gasteiger partial charge on any atom is -0.384 e. The zero-order valence-corrected chi connectivity index (χ0v) is 26.3. The number of piperazine rings is 1. The number of hydrogen-bond donors (Lipinski definition) is 3. The first kappa shape index (κ1) is 32.2. The maximum absolute atomic E-state index is 15.2. The monoisotopic (exact) mass is 635 g/mol. The van der Waals surface area contributed by atoms with Gasteiger partial charge in [-0.25, -0.2) is 12.8 Å². The number of fused-ring (bicyclic) bond motifs is 2. The zero-order chi connectivity index (χ0) is 30.6. The molecule has 12 heteroatoms. The van der Waals surface area contributed by atoms with Crippen molar-refractivity contribution in [2.45, 2.75) is 75.4 Å². The number of pyridine rings is 1. The van der Waals surface area contributed by atoms with E-state index in [9.17, 15) is 13.2 Å². The highest BCUT2D eigenvalue weighted by Gasteiger charge is 2.39. The summed E-state index contributed by atoms with van der Waals surface area (Å²) < 4.78 is 47.9. The number of carbonyl (C=O) groups excluding carboxylic acids is 1. The van der Waals surface area contributed by atoms with Crippen LogP contribution in [-0.2, 0) is 26.0 Å². The third-order valence-electron chi connectivity index (χ3n) is 9.50. The van der Waals surface area contributed by atoms with Crippen molar-refractivity contribution in [1.29, 1.82) is 0 Å². The molecule has 1 aliphatic carbocycles. The molecule has 9 nitrogen and oxygen atoms in total. The summed E-state index contributed by atoms with van der Waals surface area (Å²) in [6.07, 6.45) is 8.51. The lowest BCUT2D eigenvalue weighted by Crippen LogP contribution is -2.57. The smallest absolute Gasteiger partial charge is 0.241 e. The normalized spacial score (nSPS) is 28.4. The molecule has 2 bridgehead atoms. The number of carbonyl (C=O) groups is 1. The third kappa shape index (κ3) is 7.75. The number of nitrogens with two attached hydrogens (primary N) is 1. The highest BCUT2D eigenvalue weighted by molar-refractivity contribution is 7.89. The molecule has 2 aromatic rings. The Labute approximate surface area is 259 Å². The van der Waals surface area contributed by atoms with Crippen LogP contribution in [0.4, 0.5) is 10.1 Å². The molecule has 1 aromatic heterocycles. The van der Waals surface area contributed by atoms with Gasteiger partial charge < -0.3 is 21.1 Å². The van der Waals surface area contributed by atoms with E-state index in [1.165, 1.54) is 6.20 Å². The molecule has 1 unspecified atom stereocenters. The van der Waals surface area contributed by atoms with Gasteiger partial charge in [0.15, 0.2) is 0 Å². The zero-order valence-electron chi connectivity index (χ0n) is 24.7. The van der Waals surface area contributed by atoms with Gasteiger partial charge in [-0.3, -0.25) is 9.78 Å². The Morgan fingerprint density at radius 2 is 1.95 bits per heavy atom. The van der Waals surface area contributed by atoms with E-state index in [-0.39, 0.29) is 41.8 Å². The van der Waals surface area contributed by atoms with E-state index >= 15 is 4.39 Å². The van der Waals surface area contributed by atoms with E-state index in [2.05, 4.69) is 15.6 Å². The standard InChI is InChI=1S/C31H43ClFN5O4S/c1-42-19-20-4-6-21(7-5-20)29(22-8-10-23(32)11-9-22)30(34)31(39)37-28-17-35-16-27(33)26(28)13-12-25-15-36-24-3-2-14-43(40,41)38(25)18-24/h8-11,16-17,20-21,24-25,29-30,36H,2-7,12-15,18-19,34H2,1H3,(H,37,39)/t20?,21?,24-,25+,29-,30+/m1/s1. The molecule has 3 heterocycles. The molecule has 2 saturated heterocycles. The average Bonchev–Trinajstić information content (AvgIpc) is 3.10. The number of anilines is 1. The molecule has 43 heavy (non-hydrogen) atoms. The topological polar surface area (TPSA) is 127 Å². The number of ether oxygens (including phenoxy) is 1. The second-order valence-corrected chi connectivity index (χ2v) is 14.8. The van der Waals surface area contributed by atoms with Crippen molar-refractivity contribution in [2.75, 3.05) is 37.9 Å². The summed E-state index contributed by atoms with van der Waals surface area (Å²) in [7, 11) is -1.65. The maximum atomic E-state index is 15.2. The second-order valence-electron chi connectivity index (χ2n) is 12.3. The molecule has 5 rings (SSSR count). The summed E-state index contributed by atoms with van der Waals surface area (Å²) in [6, 6.07) is 6.44. The van der Waals surface area contributed by atoms with E-state index in [1.807, 2.05) is 24.3 Å². The van der Waals surface area contributed by atoms with Crippen molar-refractivity contribution in [1.82, 2.24) is 14.6 Å². The van der Waals surface area contributed by atoms with E-state index in [0.717, 1.165) is 50.5 Å². The largest absolute Gasteiger partial charge is 0.384 e. The highest BCUT2D eigenvalue weighted by atomic mass is 35.5. The second kappa shape index (κ2) is 14.3. The summed E-state index contributed by atoms with van der Waals surface area (Å²) in [5.74, 6) is -0.388. The number of benzene rings is 1. The van der Waals surface area contributed by atoms with Crippen LogP contribution in [0.3, 0.4) is 0 Å². The lowest BCUT2D eigenvalue weighted by molar-refractivity contribution is -0.118. The molecule has 4 N–H and O–H groups in total. The van der Waals surface area contributed by atoms with Crippen molar-refractivity contribution in [3.8, 4) is 0 Å². The number of sulfonamides is 1. The predicted molar refractivity (Wildman–Crippen MR) is 166 cm³/mol. The lowest BCUT2D eigenvalue weighted by Gasteiger charge is -2.37. The van der Waals surface area contributed by atoms with Crippen LogP contribution in [0.1, 0.15) is 62.0 Å². The van der Waals surface area contributed by atoms with Gasteiger partial charge in [0.05, 0.1) is 29.9 Å². The molecule has 3 aliphatic rings. The molecular weight excluding hydrogens is 593 g/mol. The maximum Gasteiger partial charge on any atom is 0.241 e. The van der Waals surface area contributed by atoms with E-state index < -0.39 is 27.8 Å². The van der Waals surface area contributed by atoms with Crippen LogP contribution in [0.25, 0.3) is 0 Å². The number of halogens is 2. The summed E-state index contributed by atoms with van der Waals surface area (Å²) in [5.41, 5.74) is 8.23. The van der Waals surface area contributed by atoms with E-state index in [4.69, 9.17) is 22.1 Å². The first-order chi connectivity index (χ1) is 20.7. The van der Waals surface area contributed by atoms with Crippen LogP contribution in [0.5, 0.6) is 0 Å². The van der Waals surface area contributed by atoms with Gasteiger partial charge in [-0.2, -0.15) is 4.31 Å². The number of nitrogens with zero attached hydrogens (tertiary/aromatic N) is 2. The quantitative estimate of drug-likeness (QED) is 0.359. The van der Waals surface area contributed by atoms with Gasteiger partial charge in [-0.1, -0.05) is 23.7 Å². The lowest BCUT2D eigenvalue weighted by atomic mass is 9.71. The summed E-state index contributed by atoms with van der Waals surface area (Å²) in [5, 5.41) is 6.94. The van der Waals surface area contributed by atoms with Crippen LogP contribution in [-0.4, -0.2) is 74.3 Å². The summed E-state index contributed by atoms with van der Waals surface area (Å²) in [4.78, 5) is 17.7. The van der Waals surface area contributed by atoms with Gasteiger partial charge in [-0.15, -0.1) is 0 Å². The Hall–Kier alpha value is -2.15. The summed E-state index contributed by atoms with van der Waals surface area (Å²) in [6.45, 7) is 1.67. The van der Waals surface area contributed by atoms with Gasteiger partial charge in [0, 0.05) is 55.4 Å². The van der Waals surface area contributed by atoms with Crippen molar-refractivity contribution < 1.29 is 22.3 Å². The number of aromatic nitrogens is 1. The fourth-order valence-corrected chi connectivity index (χ4v) is 9.10. The molecule has 236 valence electrons. The van der Waals surface area contributed by atoms with Crippen molar-refractivity contribution in [3.63, 3.8) is 0 Å². The van der Waals surface area contributed by atoms with Crippen LogP contribution < -0.4 is 16.4 Å². The van der Waals surface area contributed by atoms with Gasteiger partial charge in [0.25, 0.3) is 0 Å². The fraction of sp³-hybridized carbons (Fsp3) is 0.613. The van der Waals surface area contributed by atoms with Gasteiger partial charge in [0.1, 0.15) is 5.82 Å². The van der Waals surface area contributed by atoms with E-state index in [1.54, 1.807) is 11.4 Å². The molecule has 1 amide bonds. The summed E-state index contributed by atoms with van der Waals surface area (Å²) >= 11 is 6.17. The Bertz CT molecular complexity index is 1360. The molecule has 2 aliphatic heterocycles. The molecular formula is C31H43ClFN5O4S. The van der Waals surface area contributed by atoms with E-state index in [0.29, 0.717) is 42.4 Å². The molecule has 3 fully saturated rings. The number of methoxy groups -OCH3 is 1. The Kier molecular flexibility index (Phi) is 10.7. The Balaban J connectivity index is 1.31. The van der Waals surface area contributed by atoms with Crippen molar-refractivity contribution in [2.24, 2.45) is 17.6 Å². The molecule has 5 atom stereocenters. The molecule has 1 saturated carbocycles. The van der Waals surface area contributed by atoms with Crippen molar-refractivity contribution in [3.05, 3.63) is 58.6 Å². The fourth-order valence-electron chi connectivity index (χ4n) is 7.17. The van der Waals surface area contributed by atoms with Crippen LogP contribution >= 0.6 is 11.6 Å². The van der Waals surface area contributed by atoms with Crippen molar-refractivity contribution >= 4 is 33.2 Å². The van der Waals surface area contributed by atoms with Crippen LogP contribution in [0, 0.1) is 17.7 Å². The SMILES string of the molecule is COCC1CCC([C@H](c2ccc(Cl)cc2)[C@H](N)C(=O)Nc2cncc(F)c2CC[C@H]2CN[C@@H]3CCCS(=O)(=O)N2C3)CC1. The predicted octanol–water partition coefficient (Wildman–Crippen LogP) is 4.08. The first-order valence-corrected chi connectivity index (χ1v) is 17.3. The Morgan fingerprint density at radius 1 is 1.21 bits per heavy atom. The number of nitrogens with one attached hydrogen (secondary N) is 2. The number of amides is 1. The molecule has 1 aromatic carbocycles. The third-order valence-corrected chi connectivity index (χ3v) is 11.7. The molecule has 0 spiro atoms. The van der Waals surface area contributed by atoms with Crippen LogP contribution in [0.2, 0.25) is 5.02 Å². The average molecular weight is 636 g/mol. The molecule has 0 radical (unpaired) electrons. The minimum absolute atomic E-state index is 0.132. The number of hydrogen-bond acceptors (Lipinski definition) is 7. The van der Waals surface area contributed by atoms with Gasteiger partial charge >= 0.3 is 0 Å². The minimum atomic E-state index is -3.37. The van der Waals surface area contributed by atoms with Gasteiger partial charge in [-0.05, 0) is 80.9 Å². The highest BCUT2D eigenvalue weighted by Crippen LogP contribution is 2.40. The Morgan fingerprint density at radius 3 is 2.67 bits per heavy atom. The van der Waals surface area contributed by atoms with Gasteiger partial charge in [0.2, 0.25) is 15.9 Å². The van der Waals surface area contributed by atoms with Crippen LogP contribution in [0.15, 0.2) is 36.7 Å². The number of rotatable bonds is 10.